The third-order valence-electron chi connectivity index (χ3n) is 2.78. The summed E-state index contributed by atoms with van der Waals surface area (Å²) in [5.41, 5.74) is 12.3. The van der Waals surface area contributed by atoms with Gasteiger partial charge in [-0.15, -0.1) is 11.3 Å². The smallest absolute Gasteiger partial charge is 0.316 e. The van der Waals surface area contributed by atoms with Crippen molar-refractivity contribution in [2.24, 2.45) is 5.73 Å². The number of aromatic nitrogens is 1. The number of anilines is 2. The number of nitrogen functional groups attached to an aromatic ring is 1. The van der Waals surface area contributed by atoms with Crippen molar-refractivity contribution >= 4 is 34.1 Å². The van der Waals surface area contributed by atoms with E-state index in [4.69, 9.17) is 11.5 Å². The van der Waals surface area contributed by atoms with Crippen molar-refractivity contribution in [1.82, 2.24) is 10.3 Å². The van der Waals surface area contributed by atoms with Crippen LogP contribution in [0, 0.1) is 0 Å². The van der Waals surface area contributed by atoms with Crippen molar-refractivity contribution in [3.05, 3.63) is 40.9 Å². The van der Waals surface area contributed by atoms with Crippen molar-refractivity contribution in [2.45, 2.75) is 13.0 Å². The van der Waals surface area contributed by atoms with Crippen LogP contribution in [0.1, 0.15) is 29.0 Å². The number of carbonyl (C=O) groups is 2. The third-order valence-corrected chi connectivity index (χ3v) is 3.45. The summed E-state index contributed by atoms with van der Waals surface area (Å²) in [6.45, 7) is 1.85. The predicted molar refractivity (Wildman–Crippen MR) is 82.1 cm³/mol. The highest BCUT2D eigenvalue weighted by Crippen LogP contribution is 2.17. The monoisotopic (exact) mass is 305 g/mol. The highest BCUT2D eigenvalue weighted by Gasteiger charge is 2.14. The first kappa shape index (κ1) is 14.8. The number of hydrogen-bond acceptors (Lipinski definition) is 5. The number of carbonyl (C=O) groups excluding carboxylic acids is 2. The van der Waals surface area contributed by atoms with Gasteiger partial charge in [-0.25, -0.2) is 9.78 Å². The molecular formula is C13H15N5O2S. The van der Waals surface area contributed by atoms with Crippen molar-refractivity contribution < 1.29 is 9.59 Å². The number of nitrogens with one attached hydrogen (secondary N) is 2. The lowest BCUT2D eigenvalue weighted by molar-refractivity contribution is 0.0935. The van der Waals surface area contributed by atoms with Crippen LogP contribution in [0.3, 0.4) is 0 Å². The van der Waals surface area contributed by atoms with Crippen LogP contribution >= 0.6 is 11.3 Å². The van der Waals surface area contributed by atoms with Gasteiger partial charge in [0.2, 0.25) is 0 Å². The molecule has 1 heterocycles. The molecule has 2 aromatic rings. The Labute approximate surface area is 125 Å². The molecule has 0 spiro atoms. The second-order valence-corrected chi connectivity index (χ2v) is 5.27. The van der Waals surface area contributed by atoms with Crippen molar-refractivity contribution in [3.8, 4) is 0 Å². The lowest BCUT2D eigenvalue weighted by Gasteiger charge is -2.14. The fourth-order valence-electron chi connectivity index (χ4n) is 1.74. The second-order valence-electron chi connectivity index (χ2n) is 4.38. The van der Waals surface area contributed by atoms with Gasteiger partial charge >= 0.3 is 6.03 Å². The number of hydrogen-bond donors (Lipinski definition) is 4. The molecule has 0 aliphatic rings. The number of rotatable bonds is 4. The van der Waals surface area contributed by atoms with E-state index in [0.717, 1.165) is 5.56 Å². The maximum absolute atomic E-state index is 12.0. The van der Waals surface area contributed by atoms with Crippen LogP contribution in [0.25, 0.3) is 0 Å². The van der Waals surface area contributed by atoms with Gasteiger partial charge in [-0.3, -0.25) is 4.79 Å². The lowest BCUT2D eigenvalue weighted by Crippen LogP contribution is -2.27. The Bertz CT molecular complexity index is 653. The van der Waals surface area contributed by atoms with Gasteiger partial charge in [-0.05, 0) is 24.6 Å². The van der Waals surface area contributed by atoms with E-state index in [2.05, 4.69) is 15.6 Å². The molecule has 0 bridgehead atoms. The normalized spacial score (nSPS) is 11.7. The van der Waals surface area contributed by atoms with Gasteiger partial charge in [0, 0.05) is 11.1 Å². The Morgan fingerprint density at radius 2 is 1.95 bits per heavy atom. The molecule has 0 aliphatic heterocycles. The predicted octanol–water partition coefficient (Wildman–Crippen LogP) is 1.71. The average Bonchev–Trinajstić information content (AvgIpc) is 2.85. The summed E-state index contributed by atoms with van der Waals surface area (Å²) in [4.78, 5) is 26.6. The van der Waals surface area contributed by atoms with Crippen LogP contribution in [-0.2, 0) is 0 Å². The fraction of sp³-hybridized carbons (Fsp3) is 0.154. The maximum Gasteiger partial charge on any atom is 0.316 e. The zero-order chi connectivity index (χ0) is 15.4. The SMILES string of the molecule is CC(NC(=O)c1csc(N)n1)c1ccc(NC(N)=O)cc1. The quantitative estimate of drug-likeness (QED) is 0.686. The molecule has 110 valence electrons. The molecule has 0 fully saturated rings. The number of thiazole rings is 1. The zero-order valence-electron chi connectivity index (χ0n) is 11.3. The van der Waals surface area contributed by atoms with E-state index in [0.29, 0.717) is 16.5 Å². The first-order valence-electron chi connectivity index (χ1n) is 6.14. The van der Waals surface area contributed by atoms with Gasteiger partial charge in [-0.2, -0.15) is 0 Å². The summed E-state index contributed by atoms with van der Waals surface area (Å²) in [6.07, 6.45) is 0. The minimum Gasteiger partial charge on any atom is -0.375 e. The van der Waals surface area contributed by atoms with Gasteiger partial charge in [0.25, 0.3) is 5.91 Å². The fourth-order valence-corrected chi connectivity index (χ4v) is 2.29. The minimum atomic E-state index is -0.620. The first-order valence-corrected chi connectivity index (χ1v) is 7.02. The third kappa shape index (κ3) is 3.93. The Morgan fingerprint density at radius 3 is 2.48 bits per heavy atom. The van der Waals surface area contributed by atoms with Gasteiger partial charge in [-0.1, -0.05) is 12.1 Å². The van der Waals surface area contributed by atoms with E-state index >= 15 is 0 Å². The summed E-state index contributed by atoms with van der Waals surface area (Å²) in [5, 5.41) is 7.26. The molecule has 7 nitrogen and oxygen atoms in total. The molecule has 2 rings (SSSR count). The number of benzene rings is 1. The van der Waals surface area contributed by atoms with E-state index in [-0.39, 0.29) is 11.9 Å². The molecule has 0 aliphatic carbocycles. The van der Waals surface area contributed by atoms with Gasteiger partial charge < -0.3 is 22.1 Å². The van der Waals surface area contributed by atoms with E-state index in [1.165, 1.54) is 11.3 Å². The van der Waals surface area contributed by atoms with Crippen molar-refractivity contribution in [3.63, 3.8) is 0 Å². The first-order chi connectivity index (χ1) is 9.95. The molecule has 8 heteroatoms. The van der Waals surface area contributed by atoms with E-state index in [9.17, 15) is 9.59 Å². The Balaban J connectivity index is 2.01. The molecular weight excluding hydrogens is 290 g/mol. The van der Waals surface area contributed by atoms with Crippen molar-refractivity contribution in [1.29, 1.82) is 0 Å². The Kier molecular flexibility index (Phi) is 4.39. The summed E-state index contributed by atoms with van der Waals surface area (Å²) in [7, 11) is 0. The van der Waals surface area contributed by atoms with Crippen LogP contribution in [0.2, 0.25) is 0 Å². The second kappa shape index (κ2) is 6.23. The Morgan fingerprint density at radius 1 is 1.29 bits per heavy atom. The van der Waals surface area contributed by atoms with Crippen LogP contribution in [-0.4, -0.2) is 16.9 Å². The van der Waals surface area contributed by atoms with Crippen LogP contribution < -0.4 is 22.1 Å². The largest absolute Gasteiger partial charge is 0.375 e. The number of urea groups is 1. The highest BCUT2D eigenvalue weighted by molar-refractivity contribution is 7.13. The van der Waals surface area contributed by atoms with Crippen molar-refractivity contribution in [2.75, 3.05) is 11.1 Å². The van der Waals surface area contributed by atoms with E-state index in [1.54, 1.807) is 29.6 Å². The summed E-state index contributed by atoms with van der Waals surface area (Å²) < 4.78 is 0. The molecule has 1 unspecified atom stereocenters. The van der Waals surface area contributed by atoms with E-state index < -0.39 is 6.03 Å². The number of nitrogens with zero attached hydrogens (tertiary/aromatic N) is 1. The molecule has 1 aromatic carbocycles. The Hall–Kier alpha value is -2.61. The molecule has 1 aromatic heterocycles. The zero-order valence-corrected chi connectivity index (χ0v) is 12.1. The highest BCUT2D eigenvalue weighted by atomic mass is 32.1. The summed E-state index contributed by atoms with van der Waals surface area (Å²) in [6, 6.07) is 6.19. The molecule has 0 saturated carbocycles. The van der Waals surface area contributed by atoms with Crippen LogP contribution in [0.15, 0.2) is 29.6 Å². The topological polar surface area (TPSA) is 123 Å². The molecule has 1 atom stereocenters. The molecule has 0 saturated heterocycles. The van der Waals surface area contributed by atoms with Gasteiger partial charge in [0.1, 0.15) is 5.69 Å². The lowest BCUT2D eigenvalue weighted by atomic mass is 10.1. The number of primary amides is 1. The molecule has 0 radical (unpaired) electrons. The molecule has 6 N–H and O–H groups in total. The van der Waals surface area contributed by atoms with E-state index in [1.807, 2.05) is 6.92 Å². The summed E-state index contributed by atoms with van der Waals surface area (Å²) >= 11 is 1.22. The van der Waals surface area contributed by atoms with Crippen LogP contribution in [0.5, 0.6) is 0 Å². The number of amides is 3. The molecule has 3 amide bonds. The summed E-state index contributed by atoms with van der Waals surface area (Å²) in [5.74, 6) is -0.283. The standard InChI is InChI=1S/C13H15N5O2S/c1-7(16-11(19)10-6-21-13(15)18-10)8-2-4-9(5-3-8)17-12(14)20/h2-7H,1H3,(H2,15,18)(H,16,19)(H3,14,17,20). The van der Waals surface area contributed by atoms with Crippen LogP contribution in [0.4, 0.5) is 15.6 Å². The van der Waals surface area contributed by atoms with Gasteiger partial charge in [0.05, 0.1) is 6.04 Å². The molecule has 21 heavy (non-hydrogen) atoms. The van der Waals surface area contributed by atoms with Gasteiger partial charge in [0.15, 0.2) is 5.13 Å². The number of nitrogens with two attached hydrogens (primary N) is 2. The maximum atomic E-state index is 12.0. The average molecular weight is 305 g/mol. The minimum absolute atomic E-state index is 0.206.